The van der Waals surface area contributed by atoms with Crippen LogP contribution in [0.5, 0.6) is 0 Å². The molecule has 0 aliphatic heterocycles. The van der Waals surface area contributed by atoms with E-state index in [-0.39, 0.29) is 11.7 Å². The van der Waals surface area contributed by atoms with Gasteiger partial charge in [0.15, 0.2) is 0 Å². The molecule has 0 spiro atoms. The number of benzene rings is 3. The quantitative estimate of drug-likeness (QED) is 0.352. The summed E-state index contributed by atoms with van der Waals surface area (Å²) in [7, 11) is 1.55. The van der Waals surface area contributed by atoms with Crippen molar-refractivity contribution in [2.24, 2.45) is 0 Å². The summed E-state index contributed by atoms with van der Waals surface area (Å²) < 4.78 is 25.0. The smallest absolute Gasteiger partial charge is 0.338 e. The Morgan fingerprint density at radius 3 is 2.32 bits per heavy atom. The highest BCUT2D eigenvalue weighted by Crippen LogP contribution is 2.38. The Morgan fingerprint density at radius 2 is 1.68 bits per heavy atom. The third kappa shape index (κ3) is 4.57. The number of halogens is 1. The van der Waals surface area contributed by atoms with Gasteiger partial charge in [0.2, 0.25) is 0 Å². The van der Waals surface area contributed by atoms with Crippen molar-refractivity contribution < 1.29 is 23.1 Å². The number of aryl methyl sites for hydroxylation is 1. The minimum absolute atomic E-state index is 0.310. The molecular formula is C28H26FNO4. The van der Waals surface area contributed by atoms with Crippen LogP contribution in [-0.2, 0) is 4.74 Å². The number of carbonyl (C=O) groups excluding carboxylic acids is 2. The Balaban J connectivity index is 1.87. The van der Waals surface area contributed by atoms with E-state index in [0.717, 1.165) is 16.7 Å². The van der Waals surface area contributed by atoms with Gasteiger partial charge in [0.1, 0.15) is 22.8 Å². The van der Waals surface area contributed by atoms with Gasteiger partial charge in [-0.15, -0.1) is 0 Å². The Morgan fingerprint density at radius 1 is 0.971 bits per heavy atom. The highest BCUT2D eigenvalue weighted by Gasteiger charge is 2.23. The maximum absolute atomic E-state index is 13.5. The summed E-state index contributed by atoms with van der Waals surface area (Å²) in [6.07, 6.45) is 0. The normalized spacial score (nSPS) is 11.5. The van der Waals surface area contributed by atoms with Gasteiger partial charge in [-0.25, -0.2) is 9.18 Å². The van der Waals surface area contributed by atoms with Gasteiger partial charge in [-0.05, 0) is 92.9 Å². The van der Waals surface area contributed by atoms with Crippen molar-refractivity contribution in [3.63, 3.8) is 0 Å². The van der Waals surface area contributed by atoms with Crippen LogP contribution in [0.25, 0.3) is 33.4 Å². The molecule has 6 heteroatoms. The molecule has 0 bridgehead atoms. The van der Waals surface area contributed by atoms with Gasteiger partial charge in [-0.1, -0.05) is 12.1 Å². The van der Waals surface area contributed by atoms with Crippen LogP contribution in [0.1, 0.15) is 47.1 Å². The van der Waals surface area contributed by atoms with Gasteiger partial charge in [0.05, 0.1) is 11.1 Å². The molecule has 0 atom stereocenters. The molecule has 0 unspecified atom stereocenters. The van der Waals surface area contributed by atoms with Crippen molar-refractivity contribution in [1.29, 1.82) is 0 Å². The maximum atomic E-state index is 13.5. The van der Waals surface area contributed by atoms with E-state index in [0.29, 0.717) is 33.4 Å². The van der Waals surface area contributed by atoms with Crippen molar-refractivity contribution in [2.75, 3.05) is 7.05 Å². The number of fused-ring (bicyclic) bond motifs is 1. The van der Waals surface area contributed by atoms with Crippen LogP contribution in [0.4, 0.5) is 4.39 Å². The molecule has 4 rings (SSSR count). The van der Waals surface area contributed by atoms with E-state index >= 15 is 0 Å². The van der Waals surface area contributed by atoms with Gasteiger partial charge < -0.3 is 14.5 Å². The topological polar surface area (TPSA) is 68.5 Å². The lowest BCUT2D eigenvalue weighted by atomic mass is 9.95. The third-order valence-corrected chi connectivity index (χ3v) is 5.40. The maximum Gasteiger partial charge on any atom is 0.338 e. The van der Waals surface area contributed by atoms with Crippen molar-refractivity contribution in [2.45, 2.75) is 33.3 Å². The fourth-order valence-electron chi connectivity index (χ4n) is 3.86. The van der Waals surface area contributed by atoms with Gasteiger partial charge in [-0.3, -0.25) is 4.79 Å². The third-order valence-electron chi connectivity index (χ3n) is 5.40. The number of esters is 1. The summed E-state index contributed by atoms with van der Waals surface area (Å²) >= 11 is 0. The molecule has 0 saturated carbocycles. The van der Waals surface area contributed by atoms with E-state index in [1.165, 1.54) is 12.1 Å². The highest BCUT2D eigenvalue weighted by atomic mass is 19.1. The van der Waals surface area contributed by atoms with Crippen molar-refractivity contribution in [3.05, 3.63) is 83.2 Å². The average molecular weight is 460 g/mol. The second kappa shape index (κ2) is 8.78. The van der Waals surface area contributed by atoms with Crippen LogP contribution in [-0.4, -0.2) is 24.5 Å². The summed E-state index contributed by atoms with van der Waals surface area (Å²) in [5, 5.41) is 3.29. The van der Waals surface area contributed by atoms with Crippen LogP contribution in [0.2, 0.25) is 0 Å². The number of carbonyl (C=O) groups is 2. The molecule has 1 aromatic heterocycles. The van der Waals surface area contributed by atoms with E-state index in [9.17, 15) is 14.0 Å². The van der Waals surface area contributed by atoms with E-state index in [1.54, 1.807) is 37.4 Å². The lowest BCUT2D eigenvalue weighted by Gasteiger charge is -2.19. The molecule has 0 radical (unpaired) electrons. The zero-order valence-corrected chi connectivity index (χ0v) is 19.8. The number of furan rings is 1. The fourth-order valence-corrected chi connectivity index (χ4v) is 3.86. The molecule has 3 aromatic carbocycles. The van der Waals surface area contributed by atoms with Crippen LogP contribution in [0.15, 0.2) is 65.1 Å². The minimum atomic E-state index is -0.599. The number of rotatable bonds is 4. The first-order valence-corrected chi connectivity index (χ1v) is 11.0. The SMILES string of the molecule is CNC(=O)c1c(-c2ccc(F)cc2)oc2cc(C)c(-c3cccc(C(=O)OC(C)(C)C)c3)cc12. The first kappa shape index (κ1) is 23.2. The Labute approximate surface area is 197 Å². The lowest BCUT2D eigenvalue weighted by Crippen LogP contribution is -2.23. The van der Waals surface area contributed by atoms with E-state index in [2.05, 4.69) is 5.32 Å². The Kier molecular flexibility index (Phi) is 6.00. The zero-order chi connectivity index (χ0) is 24.6. The van der Waals surface area contributed by atoms with Gasteiger partial charge in [-0.2, -0.15) is 0 Å². The number of hydrogen-bond donors (Lipinski definition) is 1. The number of amides is 1. The number of nitrogens with one attached hydrogen (secondary N) is 1. The first-order valence-electron chi connectivity index (χ1n) is 11.0. The molecule has 0 aliphatic rings. The largest absolute Gasteiger partial charge is 0.456 e. The summed E-state index contributed by atoms with van der Waals surface area (Å²) in [6, 6.07) is 16.8. The molecule has 5 nitrogen and oxygen atoms in total. The average Bonchev–Trinajstić information content (AvgIpc) is 3.15. The van der Waals surface area contributed by atoms with Crippen molar-refractivity contribution >= 4 is 22.8 Å². The standard InChI is InChI=1S/C28H26FNO4/c1-16-13-23-22(24(26(31)30-5)25(33-23)17-9-11-20(29)12-10-17)15-21(16)18-7-6-8-19(14-18)27(32)34-28(2,3)4/h6-15H,1-5H3,(H,30,31). The lowest BCUT2D eigenvalue weighted by molar-refractivity contribution is 0.00694. The monoisotopic (exact) mass is 459 g/mol. The summed E-state index contributed by atoms with van der Waals surface area (Å²) in [6.45, 7) is 7.41. The summed E-state index contributed by atoms with van der Waals surface area (Å²) in [5.74, 6) is -0.714. The highest BCUT2D eigenvalue weighted by molar-refractivity contribution is 6.12. The molecular weight excluding hydrogens is 433 g/mol. The molecule has 1 amide bonds. The van der Waals surface area contributed by atoms with E-state index in [1.807, 2.05) is 45.9 Å². The molecule has 4 aromatic rings. The van der Waals surface area contributed by atoms with Crippen LogP contribution in [0.3, 0.4) is 0 Å². The molecule has 1 heterocycles. The Bertz CT molecular complexity index is 1390. The minimum Gasteiger partial charge on any atom is -0.456 e. The number of hydrogen-bond acceptors (Lipinski definition) is 4. The van der Waals surface area contributed by atoms with Crippen LogP contribution in [0, 0.1) is 12.7 Å². The molecule has 0 saturated heterocycles. The van der Waals surface area contributed by atoms with Gasteiger partial charge in [0.25, 0.3) is 5.91 Å². The van der Waals surface area contributed by atoms with Crippen molar-refractivity contribution in [1.82, 2.24) is 5.32 Å². The Hall–Kier alpha value is -3.93. The summed E-state index contributed by atoms with van der Waals surface area (Å²) in [4.78, 5) is 25.4. The second-order valence-electron chi connectivity index (χ2n) is 9.14. The predicted octanol–water partition coefficient (Wildman–Crippen LogP) is 6.53. The first-order chi connectivity index (χ1) is 16.1. The van der Waals surface area contributed by atoms with Crippen LogP contribution >= 0.6 is 0 Å². The molecule has 34 heavy (non-hydrogen) atoms. The molecule has 0 fully saturated rings. The van der Waals surface area contributed by atoms with Gasteiger partial charge in [0, 0.05) is 18.0 Å². The molecule has 174 valence electrons. The van der Waals surface area contributed by atoms with E-state index < -0.39 is 11.6 Å². The molecule has 1 N–H and O–H groups in total. The zero-order valence-electron chi connectivity index (χ0n) is 19.8. The van der Waals surface area contributed by atoms with Crippen LogP contribution < -0.4 is 5.32 Å². The second-order valence-corrected chi connectivity index (χ2v) is 9.14. The molecule has 0 aliphatic carbocycles. The number of ether oxygens (including phenoxy) is 1. The van der Waals surface area contributed by atoms with E-state index in [4.69, 9.17) is 9.15 Å². The fraction of sp³-hybridized carbons (Fsp3) is 0.214. The van der Waals surface area contributed by atoms with Gasteiger partial charge >= 0.3 is 5.97 Å². The van der Waals surface area contributed by atoms with Crippen molar-refractivity contribution in [3.8, 4) is 22.5 Å². The predicted molar refractivity (Wildman–Crippen MR) is 130 cm³/mol. The summed E-state index contributed by atoms with van der Waals surface area (Å²) in [5.41, 5.74) is 3.94.